The monoisotopic (exact) mass is 995 g/mol. The normalized spacial score (nSPS) is 11.7. The number of carbonyl (C=O) groups is 9. The van der Waals surface area contributed by atoms with Gasteiger partial charge in [-0.05, 0) is 25.4 Å². The van der Waals surface area contributed by atoms with E-state index < -0.39 is 67.3 Å². The molecule has 1 unspecified atom stereocenters. The average molecular weight is 996 g/mol. The lowest BCUT2D eigenvalue weighted by atomic mass is 10.1. The number of carbonyl (C=O) groups excluding carboxylic acids is 7. The molecule has 338 valence electrons. The van der Waals surface area contributed by atoms with Crippen molar-refractivity contribution in [3.8, 4) is 0 Å². The molecule has 0 spiro atoms. The molecule has 0 rings (SSSR count). The number of alkyl halides is 1. The van der Waals surface area contributed by atoms with Crippen molar-refractivity contribution in [3.63, 3.8) is 0 Å². The van der Waals surface area contributed by atoms with Crippen molar-refractivity contribution in [1.82, 2.24) is 36.8 Å². The van der Waals surface area contributed by atoms with E-state index in [1.807, 2.05) is 22.6 Å². The highest BCUT2D eigenvalue weighted by molar-refractivity contribution is 14.1. The van der Waals surface area contributed by atoms with E-state index in [4.69, 9.17) is 18.9 Å². The van der Waals surface area contributed by atoms with Crippen molar-refractivity contribution in [2.75, 3.05) is 121 Å². The second-order valence-corrected chi connectivity index (χ2v) is 14.6. The molecular weight excluding hydrogens is 937 g/mol. The van der Waals surface area contributed by atoms with Gasteiger partial charge in [-0.25, -0.2) is 4.79 Å². The van der Waals surface area contributed by atoms with Gasteiger partial charge in [-0.15, -0.1) is 0 Å². The molecule has 0 bridgehead atoms. The molecule has 0 fully saturated rings. The fraction of sp³-hybridized carbons (Fsp3) is 0.735. The average Bonchev–Trinajstić information content (AvgIpc) is 3.18. The lowest BCUT2D eigenvalue weighted by molar-refractivity contribution is -0.143. The SMILES string of the molecule is CSCC(=O)NCCN(CCNC(=O)CSC)C(=O)[C@H](CCC(=O)O)NC(=O)COCCOCCNC(=O)CCC(NC(=O)COCCOCCNC(=O)CI)C(=O)O. The highest BCUT2D eigenvalue weighted by atomic mass is 127. The molecule has 7 amide bonds. The maximum absolute atomic E-state index is 13.5. The lowest BCUT2D eigenvalue weighted by Gasteiger charge is -2.28. The molecule has 0 radical (unpaired) electrons. The molecule has 2 atom stereocenters. The quantitative estimate of drug-likeness (QED) is 0.0177. The van der Waals surface area contributed by atoms with Crippen LogP contribution in [0.15, 0.2) is 0 Å². The third-order valence-electron chi connectivity index (χ3n) is 7.31. The van der Waals surface area contributed by atoms with E-state index in [-0.39, 0.29) is 121 Å². The smallest absolute Gasteiger partial charge is 0.326 e. The van der Waals surface area contributed by atoms with Gasteiger partial charge >= 0.3 is 11.9 Å². The molecule has 0 aliphatic heterocycles. The minimum absolute atomic E-state index is 0.0288. The first kappa shape index (κ1) is 55.5. The number of rotatable bonds is 37. The van der Waals surface area contributed by atoms with E-state index in [2.05, 4.69) is 31.9 Å². The van der Waals surface area contributed by atoms with Gasteiger partial charge in [-0.2, -0.15) is 23.5 Å². The highest BCUT2D eigenvalue weighted by Gasteiger charge is 2.27. The third-order valence-corrected chi connectivity index (χ3v) is 9.11. The predicted octanol–water partition coefficient (Wildman–Crippen LogP) is -2.79. The number of aliphatic carboxylic acids is 2. The number of carboxylic acids is 2. The number of amides is 7. The van der Waals surface area contributed by atoms with Crippen LogP contribution < -0.4 is 31.9 Å². The Bertz CT molecular complexity index is 1300. The molecule has 0 heterocycles. The van der Waals surface area contributed by atoms with Gasteiger partial charge in [0.25, 0.3) is 0 Å². The summed E-state index contributed by atoms with van der Waals surface area (Å²) in [5, 5.41) is 34.0. The predicted molar refractivity (Wildman–Crippen MR) is 225 cm³/mol. The maximum Gasteiger partial charge on any atom is 0.326 e. The molecule has 8 N–H and O–H groups in total. The Kier molecular flexibility index (Phi) is 34.2. The van der Waals surface area contributed by atoms with Gasteiger partial charge in [0.1, 0.15) is 25.3 Å². The first-order valence-corrected chi connectivity index (χ1v) is 22.8. The van der Waals surface area contributed by atoms with Crippen molar-refractivity contribution >= 4 is 99.4 Å². The van der Waals surface area contributed by atoms with E-state index in [0.29, 0.717) is 11.0 Å². The number of thioether (sulfide) groups is 2. The largest absolute Gasteiger partial charge is 0.481 e. The molecule has 0 saturated heterocycles. The van der Waals surface area contributed by atoms with Gasteiger partial charge in [0.2, 0.25) is 41.4 Å². The van der Waals surface area contributed by atoms with Crippen LogP contribution in [0.5, 0.6) is 0 Å². The Hall–Kier alpha value is -3.50. The van der Waals surface area contributed by atoms with E-state index in [9.17, 15) is 53.4 Å². The summed E-state index contributed by atoms with van der Waals surface area (Å²) in [5.74, 6) is -5.08. The summed E-state index contributed by atoms with van der Waals surface area (Å²) in [6.45, 7) is 0.370. The molecular formula is C34H58IN7O15S2. The number of halogens is 1. The van der Waals surface area contributed by atoms with Crippen LogP contribution in [-0.4, -0.2) is 201 Å². The second-order valence-electron chi connectivity index (χ2n) is 12.1. The van der Waals surface area contributed by atoms with E-state index >= 15 is 0 Å². The first-order chi connectivity index (χ1) is 28.2. The fourth-order valence-electron chi connectivity index (χ4n) is 4.54. The van der Waals surface area contributed by atoms with Crippen molar-refractivity contribution in [1.29, 1.82) is 0 Å². The summed E-state index contributed by atoms with van der Waals surface area (Å²) in [5.41, 5.74) is 0. The second kappa shape index (κ2) is 36.4. The van der Waals surface area contributed by atoms with Crippen molar-refractivity contribution in [2.45, 2.75) is 37.8 Å². The van der Waals surface area contributed by atoms with Gasteiger partial charge < -0.3 is 66.0 Å². The maximum atomic E-state index is 13.5. The lowest BCUT2D eigenvalue weighted by Crippen LogP contribution is -2.52. The van der Waals surface area contributed by atoms with Gasteiger partial charge in [-0.3, -0.25) is 38.4 Å². The van der Waals surface area contributed by atoms with Crippen LogP contribution >= 0.6 is 46.1 Å². The number of carboxylic acid groups (broad SMARTS) is 2. The zero-order valence-electron chi connectivity index (χ0n) is 33.3. The Morgan fingerprint density at radius 3 is 1.46 bits per heavy atom. The van der Waals surface area contributed by atoms with Crippen molar-refractivity contribution in [3.05, 3.63) is 0 Å². The summed E-state index contributed by atoms with van der Waals surface area (Å²) in [6, 6.07) is -2.55. The molecule has 0 aromatic carbocycles. The molecule has 0 aromatic rings. The van der Waals surface area contributed by atoms with Gasteiger partial charge in [0.15, 0.2) is 0 Å². The standard InChI is InChI=1S/C34H58IN7O15S2/c1-58-22-30(47)36-7-11-42(12-8-37-31(48)23-59-2)33(51)24(4-6-32(49)50)40-28(45)20-56-17-15-54-13-9-38-26(43)5-3-25(34(52)53)41-29(46)21-57-18-16-55-14-10-39-27(44)19-35/h24-25H,3-23H2,1-2H3,(H,36,47)(H,37,48)(H,38,43)(H,39,44)(H,40,45)(H,41,46)(H,49,50)(H,52,53)/t24-,25?/m0/s1. The number of nitrogens with one attached hydrogen (secondary N) is 6. The van der Waals surface area contributed by atoms with Gasteiger partial charge in [-0.1, -0.05) is 22.6 Å². The van der Waals surface area contributed by atoms with E-state index in [0.717, 1.165) is 0 Å². The Balaban J connectivity index is 4.59. The minimum Gasteiger partial charge on any atom is -0.481 e. The van der Waals surface area contributed by atoms with E-state index in [1.165, 1.54) is 28.4 Å². The van der Waals surface area contributed by atoms with Crippen LogP contribution in [0.2, 0.25) is 0 Å². The summed E-state index contributed by atoms with van der Waals surface area (Å²) in [7, 11) is 0. The Labute approximate surface area is 365 Å². The molecule has 0 saturated carbocycles. The highest BCUT2D eigenvalue weighted by Crippen LogP contribution is 2.05. The molecule has 59 heavy (non-hydrogen) atoms. The van der Waals surface area contributed by atoms with Crippen LogP contribution in [0, 0.1) is 0 Å². The Morgan fingerprint density at radius 2 is 1.00 bits per heavy atom. The zero-order chi connectivity index (χ0) is 44.3. The van der Waals surface area contributed by atoms with Crippen LogP contribution in [0.4, 0.5) is 0 Å². The summed E-state index contributed by atoms with van der Waals surface area (Å²) in [4.78, 5) is 110. The van der Waals surface area contributed by atoms with Crippen LogP contribution in [-0.2, 0) is 62.1 Å². The number of hydrogen-bond acceptors (Lipinski definition) is 15. The summed E-state index contributed by atoms with van der Waals surface area (Å²) < 4.78 is 21.4. The number of nitrogens with zero attached hydrogens (tertiary/aromatic N) is 1. The zero-order valence-corrected chi connectivity index (χ0v) is 37.1. The summed E-state index contributed by atoms with van der Waals surface area (Å²) in [6.07, 6.45) is 2.52. The van der Waals surface area contributed by atoms with Gasteiger partial charge in [0, 0.05) is 52.1 Å². The molecule has 25 heteroatoms. The number of hydrogen-bond donors (Lipinski definition) is 8. The molecule has 0 aliphatic carbocycles. The molecule has 22 nitrogen and oxygen atoms in total. The number of ether oxygens (including phenoxy) is 4. The molecule has 0 aliphatic rings. The van der Waals surface area contributed by atoms with Crippen LogP contribution in [0.25, 0.3) is 0 Å². The van der Waals surface area contributed by atoms with Crippen LogP contribution in [0.1, 0.15) is 25.7 Å². The minimum atomic E-state index is -1.32. The van der Waals surface area contributed by atoms with Crippen LogP contribution in [0.3, 0.4) is 0 Å². The Morgan fingerprint density at radius 1 is 0.559 bits per heavy atom. The van der Waals surface area contributed by atoms with Crippen molar-refractivity contribution < 1.29 is 72.3 Å². The first-order valence-electron chi connectivity index (χ1n) is 18.5. The topological polar surface area (TPSA) is 306 Å². The fourth-order valence-corrected chi connectivity index (χ4v) is 5.54. The third kappa shape index (κ3) is 32.0. The molecule has 0 aromatic heterocycles. The van der Waals surface area contributed by atoms with Crippen molar-refractivity contribution in [2.24, 2.45) is 0 Å². The summed E-state index contributed by atoms with van der Waals surface area (Å²) >= 11 is 4.58. The van der Waals surface area contributed by atoms with Gasteiger partial charge in [0.05, 0.1) is 55.6 Å². The van der Waals surface area contributed by atoms with E-state index in [1.54, 1.807) is 12.5 Å².